The van der Waals surface area contributed by atoms with Gasteiger partial charge < -0.3 is 0 Å². The summed E-state index contributed by atoms with van der Waals surface area (Å²) in [5.74, 6) is 0. The van der Waals surface area contributed by atoms with Crippen molar-refractivity contribution in [2.75, 3.05) is 0 Å². The molecular formula is C8H10Cl2Si. The number of hydrogen-bond acceptors (Lipinski definition) is 0. The lowest BCUT2D eigenvalue weighted by Gasteiger charge is -2.13. The SMILES string of the molecule is CC[Si](Cl)(Cl)c1ccccc1. The zero-order valence-electron chi connectivity index (χ0n) is 6.35. The van der Waals surface area contributed by atoms with E-state index in [-0.39, 0.29) is 0 Å². The van der Waals surface area contributed by atoms with E-state index in [1.54, 1.807) is 0 Å². The molecule has 0 nitrogen and oxygen atoms in total. The first-order valence-electron chi connectivity index (χ1n) is 3.60. The maximum atomic E-state index is 6.15. The summed E-state index contributed by atoms with van der Waals surface area (Å²) >= 11 is 12.3. The third kappa shape index (κ3) is 2.22. The van der Waals surface area contributed by atoms with Gasteiger partial charge in [0.25, 0.3) is 6.69 Å². The summed E-state index contributed by atoms with van der Waals surface area (Å²) in [5, 5.41) is 1.10. The van der Waals surface area contributed by atoms with Gasteiger partial charge in [0.15, 0.2) is 0 Å². The molecule has 0 aromatic heterocycles. The molecule has 1 rings (SSSR count). The van der Waals surface area contributed by atoms with Crippen LogP contribution in [0.1, 0.15) is 6.92 Å². The van der Waals surface area contributed by atoms with Crippen LogP contribution in [0.4, 0.5) is 0 Å². The number of halogens is 2. The van der Waals surface area contributed by atoms with Crippen LogP contribution in [0.5, 0.6) is 0 Å². The van der Waals surface area contributed by atoms with Crippen molar-refractivity contribution in [3.63, 3.8) is 0 Å². The van der Waals surface area contributed by atoms with Crippen LogP contribution in [0.15, 0.2) is 30.3 Å². The Labute approximate surface area is 77.6 Å². The zero-order chi connectivity index (χ0) is 8.32. The standard InChI is InChI=1S/C8H10Cl2Si/c1-2-11(9,10)8-6-4-3-5-7-8/h3-7H,2H2,1H3. The third-order valence-corrected chi connectivity index (χ3v) is 6.62. The minimum atomic E-state index is -2.11. The van der Waals surface area contributed by atoms with E-state index in [1.165, 1.54) is 0 Å². The van der Waals surface area contributed by atoms with Crippen LogP contribution in [0.2, 0.25) is 6.04 Å². The van der Waals surface area contributed by atoms with E-state index < -0.39 is 6.69 Å². The van der Waals surface area contributed by atoms with Crippen LogP contribution in [0.3, 0.4) is 0 Å². The summed E-state index contributed by atoms with van der Waals surface area (Å²) < 4.78 is 0. The normalized spacial score (nSPS) is 11.5. The van der Waals surface area contributed by atoms with Gasteiger partial charge in [-0.1, -0.05) is 37.3 Å². The Hall–Kier alpha value is 0.0169. The van der Waals surface area contributed by atoms with E-state index in [4.69, 9.17) is 22.2 Å². The average Bonchev–Trinajstić information content (AvgIpc) is 2.06. The Balaban J connectivity index is 2.93. The van der Waals surface area contributed by atoms with E-state index in [9.17, 15) is 0 Å². The summed E-state index contributed by atoms with van der Waals surface area (Å²) in [7, 11) is 0. The Kier molecular flexibility index (Phi) is 2.99. The predicted octanol–water partition coefficient (Wildman–Crippen LogP) is 2.83. The van der Waals surface area contributed by atoms with Gasteiger partial charge in [0.05, 0.1) is 0 Å². The van der Waals surface area contributed by atoms with Crippen molar-refractivity contribution < 1.29 is 0 Å². The lowest BCUT2D eigenvalue weighted by molar-refractivity contribution is 1.44. The monoisotopic (exact) mass is 204 g/mol. The van der Waals surface area contributed by atoms with Gasteiger partial charge in [0.2, 0.25) is 0 Å². The first-order valence-corrected chi connectivity index (χ1v) is 7.83. The number of benzene rings is 1. The van der Waals surface area contributed by atoms with E-state index in [1.807, 2.05) is 37.3 Å². The molecule has 11 heavy (non-hydrogen) atoms. The van der Waals surface area contributed by atoms with Crippen molar-refractivity contribution in [1.29, 1.82) is 0 Å². The first kappa shape index (κ1) is 9.11. The second-order valence-corrected chi connectivity index (χ2v) is 9.57. The summed E-state index contributed by atoms with van der Waals surface area (Å²) in [6.45, 7) is -0.0819. The van der Waals surface area contributed by atoms with Crippen LogP contribution in [0.25, 0.3) is 0 Å². The van der Waals surface area contributed by atoms with Gasteiger partial charge >= 0.3 is 0 Å². The van der Waals surface area contributed by atoms with Gasteiger partial charge in [-0.05, 0) is 11.2 Å². The molecule has 1 aromatic rings. The molecule has 0 unspecified atom stereocenters. The summed E-state index contributed by atoms with van der Waals surface area (Å²) in [4.78, 5) is 0. The van der Waals surface area contributed by atoms with Crippen molar-refractivity contribution in [2.45, 2.75) is 13.0 Å². The minimum absolute atomic E-state index is 0.861. The topological polar surface area (TPSA) is 0 Å². The highest BCUT2D eigenvalue weighted by atomic mass is 35.7. The molecule has 0 aliphatic carbocycles. The lowest BCUT2D eigenvalue weighted by atomic mass is 10.4. The average molecular weight is 205 g/mol. The van der Waals surface area contributed by atoms with E-state index >= 15 is 0 Å². The van der Waals surface area contributed by atoms with Crippen LogP contribution in [0, 0.1) is 0 Å². The van der Waals surface area contributed by atoms with Crippen molar-refractivity contribution >= 4 is 34.0 Å². The molecule has 60 valence electrons. The molecule has 0 saturated heterocycles. The number of hydrogen-bond donors (Lipinski definition) is 0. The fourth-order valence-corrected chi connectivity index (χ4v) is 2.73. The Morgan fingerprint density at radius 2 is 1.73 bits per heavy atom. The maximum Gasteiger partial charge on any atom is 0.280 e. The van der Waals surface area contributed by atoms with Crippen molar-refractivity contribution in [2.24, 2.45) is 0 Å². The quantitative estimate of drug-likeness (QED) is 0.514. The summed E-state index contributed by atoms with van der Waals surface area (Å²) in [5.41, 5.74) is 0. The van der Waals surface area contributed by atoms with E-state index in [0.29, 0.717) is 0 Å². The summed E-state index contributed by atoms with van der Waals surface area (Å²) in [6.07, 6.45) is 0. The molecule has 0 radical (unpaired) electrons. The van der Waals surface area contributed by atoms with Crippen molar-refractivity contribution in [3.8, 4) is 0 Å². The first-order chi connectivity index (χ1) is 5.17. The molecular weight excluding hydrogens is 195 g/mol. The second-order valence-electron chi connectivity index (χ2n) is 2.42. The second kappa shape index (κ2) is 3.61. The van der Waals surface area contributed by atoms with Crippen molar-refractivity contribution in [1.82, 2.24) is 0 Å². The number of rotatable bonds is 2. The molecule has 0 atom stereocenters. The van der Waals surface area contributed by atoms with Gasteiger partial charge in [-0.3, -0.25) is 0 Å². The Morgan fingerprint density at radius 1 is 1.18 bits per heavy atom. The van der Waals surface area contributed by atoms with Gasteiger partial charge in [0, 0.05) is 0 Å². The smallest absolute Gasteiger partial charge is 0.140 e. The van der Waals surface area contributed by atoms with Gasteiger partial charge in [-0.25, -0.2) is 0 Å². The Morgan fingerprint density at radius 3 is 2.18 bits per heavy atom. The van der Waals surface area contributed by atoms with Crippen LogP contribution in [-0.4, -0.2) is 6.69 Å². The predicted molar refractivity (Wildman–Crippen MR) is 54.0 cm³/mol. The Bertz CT molecular complexity index is 221. The highest BCUT2D eigenvalue weighted by molar-refractivity contribution is 7.50. The molecule has 1 aromatic carbocycles. The molecule has 0 amide bonds. The van der Waals surface area contributed by atoms with Gasteiger partial charge in [0.1, 0.15) is 0 Å². The third-order valence-electron chi connectivity index (χ3n) is 1.64. The minimum Gasteiger partial charge on any atom is -0.140 e. The molecule has 0 aliphatic rings. The highest BCUT2D eigenvalue weighted by Gasteiger charge is 2.27. The fourth-order valence-electron chi connectivity index (χ4n) is 0.886. The van der Waals surface area contributed by atoms with Gasteiger partial charge in [-0.2, -0.15) is 0 Å². The van der Waals surface area contributed by atoms with Crippen LogP contribution in [-0.2, 0) is 0 Å². The van der Waals surface area contributed by atoms with Crippen LogP contribution < -0.4 is 5.19 Å². The molecule has 0 heterocycles. The van der Waals surface area contributed by atoms with E-state index in [2.05, 4.69) is 0 Å². The fraction of sp³-hybridized carbons (Fsp3) is 0.250. The molecule has 0 N–H and O–H groups in total. The molecule has 0 fully saturated rings. The molecule has 0 bridgehead atoms. The van der Waals surface area contributed by atoms with Crippen LogP contribution >= 0.6 is 22.2 Å². The lowest BCUT2D eigenvalue weighted by Crippen LogP contribution is -2.34. The molecule has 0 spiro atoms. The molecule has 0 aliphatic heterocycles. The molecule has 0 saturated carbocycles. The highest BCUT2D eigenvalue weighted by Crippen LogP contribution is 2.18. The largest absolute Gasteiger partial charge is 0.280 e. The molecule has 3 heteroatoms. The van der Waals surface area contributed by atoms with Crippen molar-refractivity contribution in [3.05, 3.63) is 30.3 Å². The zero-order valence-corrected chi connectivity index (χ0v) is 8.86. The summed E-state index contributed by atoms with van der Waals surface area (Å²) in [6, 6.07) is 10.8. The van der Waals surface area contributed by atoms with E-state index in [0.717, 1.165) is 11.2 Å². The maximum absolute atomic E-state index is 6.15. The van der Waals surface area contributed by atoms with Gasteiger partial charge in [-0.15, -0.1) is 22.2 Å².